The molecular formula is C10H7F11O2. The molecule has 0 aromatic heterocycles. The standard InChI is InChI=1S/C10H7F11O2/c1-4(2-8(15,16)17)5(22)23-3-7(13,14)10(20,21)9(18,19)6(11)12/h6H,1-3H2. The van der Waals surface area contributed by atoms with Gasteiger partial charge in [-0.05, 0) is 0 Å². The maximum Gasteiger partial charge on any atom is 0.393 e. The first-order valence-electron chi connectivity index (χ1n) is 5.29. The van der Waals surface area contributed by atoms with Crippen molar-refractivity contribution in [1.29, 1.82) is 0 Å². The Kier molecular flexibility index (Phi) is 6.07. The Balaban J connectivity index is 5.01. The molecule has 0 aliphatic carbocycles. The van der Waals surface area contributed by atoms with E-state index in [9.17, 15) is 53.1 Å². The van der Waals surface area contributed by atoms with E-state index in [1.54, 1.807) is 0 Å². The van der Waals surface area contributed by atoms with Gasteiger partial charge in [0.25, 0.3) is 0 Å². The highest BCUT2D eigenvalue weighted by Crippen LogP contribution is 2.48. The maximum atomic E-state index is 12.9. The Bertz CT molecular complexity index is 452. The molecule has 0 saturated carbocycles. The van der Waals surface area contributed by atoms with E-state index in [-0.39, 0.29) is 0 Å². The van der Waals surface area contributed by atoms with Crippen LogP contribution in [0.4, 0.5) is 48.3 Å². The minimum atomic E-state index is -6.63. The lowest BCUT2D eigenvalue weighted by atomic mass is 10.1. The molecule has 0 radical (unpaired) electrons. The molecule has 136 valence electrons. The molecule has 0 amide bonds. The van der Waals surface area contributed by atoms with E-state index in [1.165, 1.54) is 0 Å². The highest BCUT2D eigenvalue weighted by molar-refractivity contribution is 5.87. The molecule has 0 fully saturated rings. The lowest BCUT2D eigenvalue weighted by Crippen LogP contribution is -2.59. The van der Waals surface area contributed by atoms with Crippen molar-refractivity contribution in [2.24, 2.45) is 0 Å². The molecule has 0 aromatic rings. The van der Waals surface area contributed by atoms with Gasteiger partial charge in [-0.15, -0.1) is 0 Å². The maximum absolute atomic E-state index is 12.9. The number of hydrogen-bond acceptors (Lipinski definition) is 2. The molecule has 0 aliphatic heterocycles. The van der Waals surface area contributed by atoms with Gasteiger partial charge in [-0.25, -0.2) is 13.6 Å². The fourth-order valence-corrected chi connectivity index (χ4v) is 1.04. The van der Waals surface area contributed by atoms with Crippen LogP contribution in [0, 0.1) is 0 Å². The smallest absolute Gasteiger partial charge is 0.393 e. The fourth-order valence-electron chi connectivity index (χ4n) is 1.04. The third-order valence-electron chi connectivity index (χ3n) is 2.24. The van der Waals surface area contributed by atoms with Crippen LogP contribution in [0.15, 0.2) is 12.2 Å². The number of carbonyl (C=O) groups is 1. The minimum absolute atomic E-state index is 1.47. The molecule has 0 bridgehead atoms. The quantitative estimate of drug-likeness (QED) is 0.382. The van der Waals surface area contributed by atoms with Crippen LogP contribution in [0.1, 0.15) is 6.42 Å². The Labute approximate surface area is 120 Å². The van der Waals surface area contributed by atoms with Crippen molar-refractivity contribution in [2.75, 3.05) is 6.61 Å². The molecule has 0 spiro atoms. The lowest BCUT2D eigenvalue weighted by Gasteiger charge is -2.31. The number of halogens is 11. The van der Waals surface area contributed by atoms with Crippen LogP contribution in [0.2, 0.25) is 0 Å². The third-order valence-corrected chi connectivity index (χ3v) is 2.24. The van der Waals surface area contributed by atoms with Gasteiger partial charge in [-0.1, -0.05) is 6.58 Å². The van der Waals surface area contributed by atoms with Crippen molar-refractivity contribution in [3.05, 3.63) is 12.2 Å². The predicted molar refractivity (Wildman–Crippen MR) is 51.6 cm³/mol. The molecule has 0 unspecified atom stereocenters. The second-order valence-corrected chi connectivity index (χ2v) is 4.17. The number of rotatable bonds is 7. The van der Waals surface area contributed by atoms with Crippen molar-refractivity contribution in [3.8, 4) is 0 Å². The van der Waals surface area contributed by atoms with Crippen molar-refractivity contribution < 1.29 is 57.8 Å². The summed E-state index contributed by atoms with van der Waals surface area (Å²) in [5, 5.41) is 0. The average molecular weight is 368 g/mol. The molecule has 2 nitrogen and oxygen atoms in total. The van der Waals surface area contributed by atoms with Gasteiger partial charge in [0.15, 0.2) is 6.61 Å². The molecule has 0 heterocycles. The zero-order chi connectivity index (χ0) is 18.9. The summed E-state index contributed by atoms with van der Waals surface area (Å²) in [5.74, 6) is -21.3. The summed E-state index contributed by atoms with van der Waals surface area (Å²) in [7, 11) is 0. The van der Waals surface area contributed by atoms with Crippen LogP contribution in [0.3, 0.4) is 0 Å². The summed E-state index contributed by atoms with van der Waals surface area (Å²) in [6.45, 7) is -0.364. The summed E-state index contributed by atoms with van der Waals surface area (Å²) >= 11 is 0. The highest BCUT2D eigenvalue weighted by Gasteiger charge is 2.75. The molecule has 0 aliphatic rings. The number of alkyl halides is 11. The topological polar surface area (TPSA) is 26.3 Å². The first kappa shape index (κ1) is 21.4. The van der Waals surface area contributed by atoms with E-state index in [4.69, 9.17) is 0 Å². The molecule has 23 heavy (non-hydrogen) atoms. The normalized spacial score (nSPS) is 14.1. The van der Waals surface area contributed by atoms with Gasteiger partial charge in [0.1, 0.15) is 0 Å². The molecule has 0 N–H and O–H groups in total. The van der Waals surface area contributed by atoms with Crippen LogP contribution < -0.4 is 0 Å². The van der Waals surface area contributed by atoms with Gasteiger partial charge in [0.05, 0.1) is 6.42 Å². The summed E-state index contributed by atoms with van der Waals surface area (Å²) < 4.78 is 139. The summed E-state index contributed by atoms with van der Waals surface area (Å²) in [6.07, 6.45) is -12.2. The van der Waals surface area contributed by atoms with E-state index < -0.39 is 54.9 Å². The van der Waals surface area contributed by atoms with Gasteiger partial charge in [0.2, 0.25) is 0 Å². The molecular weight excluding hydrogens is 361 g/mol. The monoisotopic (exact) mass is 368 g/mol. The molecule has 0 rings (SSSR count). The van der Waals surface area contributed by atoms with Crippen molar-refractivity contribution in [1.82, 2.24) is 0 Å². The van der Waals surface area contributed by atoms with Crippen LogP contribution >= 0.6 is 0 Å². The van der Waals surface area contributed by atoms with Crippen LogP contribution in [-0.2, 0) is 9.53 Å². The van der Waals surface area contributed by atoms with E-state index in [1.807, 2.05) is 0 Å². The van der Waals surface area contributed by atoms with E-state index in [2.05, 4.69) is 11.3 Å². The number of esters is 1. The first-order valence-corrected chi connectivity index (χ1v) is 5.29. The van der Waals surface area contributed by atoms with Gasteiger partial charge in [0, 0.05) is 5.57 Å². The van der Waals surface area contributed by atoms with Crippen molar-refractivity contribution in [2.45, 2.75) is 36.8 Å². The summed E-state index contributed by atoms with van der Waals surface area (Å²) in [4.78, 5) is 10.8. The largest absolute Gasteiger partial charge is 0.456 e. The zero-order valence-electron chi connectivity index (χ0n) is 10.7. The lowest BCUT2D eigenvalue weighted by molar-refractivity contribution is -0.344. The number of carbonyl (C=O) groups excluding carboxylic acids is 1. The highest BCUT2D eigenvalue weighted by atomic mass is 19.4. The van der Waals surface area contributed by atoms with E-state index >= 15 is 0 Å². The first-order chi connectivity index (χ1) is 9.96. The SMILES string of the molecule is C=C(CC(F)(F)F)C(=O)OCC(F)(F)C(F)(F)C(F)(F)C(F)F. The Hall–Kier alpha value is -1.56. The van der Waals surface area contributed by atoms with Gasteiger partial charge >= 0.3 is 36.3 Å². The third kappa shape index (κ3) is 4.96. The van der Waals surface area contributed by atoms with Gasteiger partial charge < -0.3 is 4.74 Å². The van der Waals surface area contributed by atoms with Crippen LogP contribution in [0.25, 0.3) is 0 Å². The predicted octanol–water partition coefficient (Wildman–Crippen LogP) is 4.21. The Morgan fingerprint density at radius 3 is 1.74 bits per heavy atom. The molecule has 0 aromatic carbocycles. The Morgan fingerprint density at radius 1 is 0.957 bits per heavy atom. The summed E-state index contributed by atoms with van der Waals surface area (Å²) in [6, 6.07) is 0. The van der Waals surface area contributed by atoms with Crippen molar-refractivity contribution in [3.63, 3.8) is 0 Å². The number of hydrogen-bond donors (Lipinski definition) is 0. The minimum Gasteiger partial charge on any atom is -0.456 e. The molecule has 13 heteroatoms. The second kappa shape index (κ2) is 6.51. The van der Waals surface area contributed by atoms with E-state index in [0.29, 0.717) is 0 Å². The van der Waals surface area contributed by atoms with Crippen molar-refractivity contribution >= 4 is 5.97 Å². The fraction of sp³-hybridized carbons (Fsp3) is 0.700. The van der Waals surface area contributed by atoms with E-state index in [0.717, 1.165) is 0 Å². The zero-order valence-corrected chi connectivity index (χ0v) is 10.7. The Morgan fingerprint density at radius 2 is 1.39 bits per heavy atom. The second-order valence-electron chi connectivity index (χ2n) is 4.17. The molecule has 0 saturated heterocycles. The van der Waals surface area contributed by atoms with Crippen LogP contribution in [-0.4, -0.2) is 42.9 Å². The number of ether oxygens (including phenoxy) is 1. The summed E-state index contributed by atoms with van der Waals surface area (Å²) in [5.41, 5.74) is -1.47. The van der Waals surface area contributed by atoms with Gasteiger partial charge in [-0.3, -0.25) is 0 Å². The molecule has 0 atom stereocenters. The van der Waals surface area contributed by atoms with Crippen LogP contribution in [0.5, 0.6) is 0 Å². The average Bonchev–Trinajstić information content (AvgIpc) is 2.33. The van der Waals surface area contributed by atoms with Gasteiger partial charge in [-0.2, -0.15) is 39.5 Å².